The van der Waals surface area contributed by atoms with E-state index in [1.807, 2.05) is 0 Å². The van der Waals surface area contributed by atoms with Gasteiger partial charge in [0.15, 0.2) is 0 Å². The molecule has 0 aromatic rings. The average molecular weight is 193 g/mol. The Labute approximate surface area is 85.7 Å². The van der Waals surface area contributed by atoms with Crippen molar-refractivity contribution < 1.29 is 4.84 Å². The van der Waals surface area contributed by atoms with Gasteiger partial charge in [0.2, 0.25) is 0 Å². The van der Waals surface area contributed by atoms with Gasteiger partial charge in [0.05, 0.1) is 5.71 Å². The SMILES string of the molecule is CO/N=C(\C)C12CC3CC(C1)C(C3)C2. The van der Waals surface area contributed by atoms with Crippen LogP contribution in [0.15, 0.2) is 5.16 Å². The van der Waals surface area contributed by atoms with E-state index in [0.29, 0.717) is 5.41 Å². The van der Waals surface area contributed by atoms with Crippen molar-refractivity contribution in [1.29, 1.82) is 0 Å². The molecule has 4 aliphatic carbocycles. The van der Waals surface area contributed by atoms with Crippen LogP contribution in [0.25, 0.3) is 0 Å². The summed E-state index contributed by atoms with van der Waals surface area (Å²) in [4.78, 5) is 4.94. The van der Waals surface area contributed by atoms with E-state index in [1.54, 1.807) is 7.11 Å². The second-order valence-electron chi connectivity index (χ2n) is 5.61. The van der Waals surface area contributed by atoms with E-state index in [4.69, 9.17) is 4.84 Å². The lowest BCUT2D eigenvalue weighted by atomic mass is 9.67. The van der Waals surface area contributed by atoms with Crippen LogP contribution in [0.4, 0.5) is 0 Å². The fraction of sp³-hybridized carbons (Fsp3) is 0.917. The largest absolute Gasteiger partial charge is 0.399 e. The second-order valence-corrected chi connectivity index (χ2v) is 5.61. The molecule has 2 nitrogen and oxygen atoms in total. The van der Waals surface area contributed by atoms with Crippen molar-refractivity contribution in [2.24, 2.45) is 28.3 Å². The average Bonchev–Trinajstić information content (AvgIpc) is 2.55. The molecule has 0 aliphatic heterocycles. The molecular weight excluding hydrogens is 174 g/mol. The molecule has 14 heavy (non-hydrogen) atoms. The number of hydrogen-bond donors (Lipinski definition) is 0. The maximum absolute atomic E-state index is 4.94. The zero-order valence-corrected chi connectivity index (χ0v) is 9.12. The fourth-order valence-corrected chi connectivity index (χ4v) is 4.49. The molecule has 0 radical (unpaired) electrons. The van der Waals surface area contributed by atoms with Crippen molar-refractivity contribution in [3.8, 4) is 0 Å². The van der Waals surface area contributed by atoms with Gasteiger partial charge in [0, 0.05) is 5.41 Å². The molecule has 2 atom stereocenters. The summed E-state index contributed by atoms with van der Waals surface area (Å²) in [5, 5.41) is 4.19. The molecule has 4 saturated carbocycles. The van der Waals surface area contributed by atoms with Crippen molar-refractivity contribution in [3.63, 3.8) is 0 Å². The molecule has 4 rings (SSSR count). The summed E-state index contributed by atoms with van der Waals surface area (Å²) in [7, 11) is 1.66. The highest BCUT2D eigenvalue weighted by atomic mass is 16.6. The lowest BCUT2D eigenvalue weighted by Gasteiger charge is -2.37. The standard InChI is InChI=1S/C12H19NO/c1-8(13-14-2)12-5-9-3-10(6-12)11(4-9)7-12/h9-11H,3-7H2,1-2H3/b13-8+. The molecule has 0 heterocycles. The minimum absolute atomic E-state index is 0.451. The second kappa shape index (κ2) is 2.74. The quantitative estimate of drug-likeness (QED) is 0.488. The van der Waals surface area contributed by atoms with E-state index in [-0.39, 0.29) is 0 Å². The summed E-state index contributed by atoms with van der Waals surface area (Å²) < 4.78 is 0. The summed E-state index contributed by atoms with van der Waals surface area (Å²) in [6.07, 6.45) is 7.19. The van der Waals surface area contributed by atoms with E-state index in [0.717, 1.165) is 17.8 Å². The first-order valence-corrected chi connectivity index (χ1v) is 5.82. The third kappa shape index (κ3) is 0.999. The third-order valence-electron chi connectivity index (χ3n) is 4.92. The summed E-state index contributed by atoms with van der Waals surface area (Å²) in [5.41, 5.74) is 1.71. The van der Waals surface area contributed by atoms with Gasteiger partial charge in [-0.3, -0.25) is 0 Å². The number of rotatable bonds is 2. The van der Waals surface area contributed by atoms with Crippen molar-refractivity contribution in [2.45, 2.75) is 39.0 Å². The van der Waals surface area contributed by atoms with Crippen LogP contribution < -0.4 is 0 Å². The Bertz CT molecular complexity index is 265. The zero-order chi connectivity index (χ0) is 9.76. The molecule has 0 saturated heterocycles. The number of nitrogens with zero attached hydrogens (tertiary/aromatic N) is 1. The van der Waals surface area contributed by atoms with Crippen LogP contribution >= 0.6 is 0 Å². The van der Waals surface area contributed by atoms with Crippen LogP contribution in [0.5, 0.6) is 0 Å². The minimum atomic E-state index is 0.451. The van der Waals surface area contributed by atoms with Gasteiger partial charge in [0.1, 0.15) is 7.11 Å². The number of oxime groups is 1. The smallest absolute Gasteiger partial charge is 0.106 e. The lowest BCUT2D eigenvalue weighted by molar-refractivity contribution is 0.184. The van der Waals surface area contributed by atoms with Crippen LogP contribution in [-0.2, 0) is 4.84 Å². The molecular formula is C12H19NO. The highest BCUT2D eigenvalue weighted by Gasteiger charge is 2.57. The molecule has 0 aromatic carbocycles. The predicted molar refractivity (Wildman–Crippen MR) is 56.1 cm³/mol. The monoisotopic (exact) mass is 193 g/mol. The van der Waals surface area contributed by atoms with E-state index in [1.165, 1.54) is 37.8 Å². The highest BCUT2D eigenvalue weighted by Crippen LogP contribution is 2.64. The van der Waals surface area contributed by atoms with E-state index < -0.39 is 0 Å². The van der Waals surface area contributed by atoms with Crippen LogP contribution in [0.2, 0.25) is 0 Å². The van der Waals surface area contributed by atoms with Crippen LogP contribution in [0, 0.1) is 23.2 Å². The molecule has 4 aliphatic rings. The first-order valence-electron chi connectivity index (χ1n) is 5.82. The molecule has 0 aromatic heterocycles. The molecule has 0 amide bonds. The van der Waals surface area contributed by atoms with Gasteiger partial charge in [-0.25, -0.2) is 0 Å². The van der Waals surface area contributed by atoms with Crippen molar-refractivity contribution in [2.75, 3.05) is 7.11 Å². The Morgan fingerprint density at radius 1 is 1.21 bits per heavy atom. The molecule has 2 unspecified atom stereocenters. The Hall–Kier alpha value is -0.530. The van der Waals surface area contributed by atoms with Gasteiger partial charge < -0.3 is 4.84 Å². The number of hydrogen-bond acceptors (Lipinski definition) is 2. The minimum Gasteiger partial charge on any atom is -0.399 e. The molecule has 0 N–H and O–H groups in total. The van der Waals surface area contributed by atoms with Gasteiger partial charge in [-0.1, -0.05) is 5.16 Å². The Balaban J connectivity index is 1.90. The van der Waals surface area contributed by atoms with E-state index in [9.17, 15) is 0 Å². The highest BCUT2D eigenvalue weighted by molar-refractivity contribution is 5.88. The first kappa shape index (κ1) is 8.75. The normalized spacial score (nSPS) is 50.1. The van der Waals surface area contributed by atoms with Crippen molar-refractivity contribution in [1.82, 2.24) is 0 Å². The van der Waals surface area contributed by atoms with Gasteiger partial charge in [-0.2, -0.15) is 0 Å². The van der Waals surface area contributed by atoms with Crippen LogP contribution in [0.1, 0.15) is 39.0 Å². The fourth-order valence-electron chi connectivity index (χ4n) is 4.49. The van der Waals surface area contributed by atoms with E-state index >= 15 is 0 Å². The topological polar surface area (TPSA) is 21.6 Å². The maximum atomic E-state index is 4.94. The van der Waals surface area contributed by atoms with Gasteiger partial charge in [0.25, 0.3) is 0 Å². The Morgan fingerprint density at radius 2 is 1.86 bits per heavy atom. The summed E-state index contributed by atoms with van der Waals surface area (Å²) >= 11 is 0. The Kier molecular flexibility index (Phi) is 1.71. The van der Waals surface area contributed by atoms with Crippen LogP contribution in [-0.4, -0.2) is 12.8 Å². The molecule has 2 heteroatoms. The Morgan fingerprint density at radius 3 is 2.36 bits per heavy atom. The van der Waals surface area contributed by atoms with Gasteiger partial charge >= 0.3 is 0 Å². The molecule has 78 valence electrons. The summed E-state index contributed by atoms with van der Waals surface area (Å²) in [6, 6.07) is 0. The molecule has 4 fully saturated rings. The molecule has 4 bridgehead atoms. The lowest BCUT2D eigenvalue weighted by Crippen LogP contribution is -2.33. The van der Waals surface area contributed by atoms with Crippen molar-refractivity contribution in [3.05, 3.63) is 0 Å². The van der Waals surface area contributed by atoms with Crippen molar-refractivity contribution >= 4 is 5.71 Å². The van der Waals surface area contributed by atoms with E-state index in [2.05, 4.69) is 12.1 Å². The first-order chi connectivity index (χ1) is 6.73. The molecule has 0 spiro atoms. The zero-order valence-electron chi connectivity index (χ0n) is 9.12. The third-order valence-corrected chi connectivity index (χ3v) is 4.92. The van der Waals surface area contributed by atoms with Crippen LogP contribution in [0.3, 0.4) is 0 Å². The van der Waals surface area contributed by atoms with Gasteiger partial charge in [-0.15, -0.1) is 0 Å². The summed E-state index contributed by atoms with van der Waals surface area (Å²) in [6.45, 7) is 2.16. The summed E-state index contributed by atoms with van der Waals surface area (Å²) in [5.74, 6) is 3.06. The predicted octanol–water partition coefficient (Wildman–Crippen LogP) is 2.84. The maximum Gasteiger partial charge on any atom is 0.106 e. The van der Waals surface area contributed by atoms with Gasteiger partial charge in [-0.05, 0) is 56.8 Å².